The molecule has 0 spiro atoms. The van der Waals surface area contributed by atoms with Crippen molar-refractivity contribution >= 4 is 0 Å². The van der Waals surface area contributed by atoms with Crippen LogP contribution in [0.15, 0.2) is 30.1 Å². The van der Waals surface area contributed by atoms with Crippen LogP contribution in [0.4, 0.5) is 13.2 Å². The standard InChI is InChI=1S/C25H32F3N/c26-23(17-29)3-1-2-18-4-6-19(7-5-18)8-9-20-10-12-21(13-11-20)22-14-15-24(27)25(28)16-22/h3,14-16,18-21H,1-2,4-13H2/t18-,19-,20-,21-. The largest absolute Gasteiger partial charge is 0.204 e. The highest BCUT2D eigenvalue weighted by Crippen LogP contribution is 2.40. The van der Waals surface area contributed by atoms with E-state index < -0.39 is 17.5 Å². The third-order valence-electron chi connectivity index (χ3n) is 7.22. The van der Waals surface area contributed by atoms with Crippen LogP contribution in [0.5, 0.6) is 0 Å². The third-order valence-corrected chi connectivity index (χ3v) is 7.22. The van der Waals surface area contributed by atoms with Gasteiger partial charge in [-0.15, -0.1) is 0 Å². The van der Waals surface area contributed by atoms with Gasteiger partial charge in [0.25, 0.3) is 0 Å². The van der Waals surface area contributed by atoms with E-state index in [-0.39, 0.29) is 0 Å². The van der Waals surface area contributed by atoms with Crippen LogP contribution >= 0.6 is 0 Å². The van der Waals surface area contributed by atoms with Gasteiger partial charge in [-0.1, -0.05) is 44.6 Å². The van der Waals surface area contributed by atoms with E-state index in [2.05, 4.69) is 0 Å². The van der Waals surface area contributed by atoms with Gasteiger partial charge in [0.2, 0.25) is 0 Å². The molecule has 0 bridgehead atoms. The molecule has 0 aliphatic heterocycles. The van der Waals surface area contributed by atoms with Crippen molar-refractivity contribution in [3.8, 4) is 6.07 Å². The molecule has 4 heteroatoms. The minimum absolute atomic E-state index is 0.372. The lowest BCUT2D eigenvalue weighted by Gasteiger charge is -2.32. The Kier molecular flexibility index (Phi) is 8.21. The fourth-order valence-corrected chi connectivity index (χ4v) is 5.32. The zero-order valence-corrected chi connectivity index (χ0v) is 17.2. The molecule has 2 fully saturated rings. The molecule has 158 valence electrons. The summed E-state index contributed by atoms with van der Waals surface area (Å²) < 4.78 is 39.5. The van der Waals surface area contributed by atoms with Crippen molar-refractivity contribution in [1.82, 2.24) is 0 Å². The molecular weight excluding hydrogens is 371 g/mol. The molecule has 0 radical (unpaired) electrons. The van der Waals surface area contributed by atoms with Crippen LogP contribution in [-0.2, 0) is 0 Å². The van der Waals surface area contributed by atoms with Crippen molar-refractivity contribution in [3.63, 3.8) is 0 Å². The number of hydrogen-bond acceptors (Lipinski definition) is 1. The summed E-state index contributed by atoms with van der Waals surface area (Å²) in [4.78, 5) is 0. The van der Waals surface area contributed by atoms with Gasteiger partial charge in [0.1, 0.15) is 6.07 Å². The highest BCUT2D eigenvalue weighted by Gasteiger charge is 2.25. The minimum Gasteiger partial charge on any atom is -0.204 e. The summed E-state index contributed by atoms with van der Waals surface area (Å²) in [5.41, 5.74) is 0.949. The zero-order chi connectivity index (χ0) is 20.6. The number of allylic oxidation sites excluding steroid dienone is 2. The first-order valence-corrected chi connectivity index (χ1v) is 11.3. The maximum Gasteiger partial charge on any atom is 0.196 e. The second-order valence-corrected chi connectivity index (χ2v) is 9.10. The molecule has 0 atom stereocenters. The van der Waals surface area contributed by atoms with Crippen LogP contribution < -0.4 is 0 Å². The minimum atomic E-state index is -0.761. The molecule has 1 aromatic rings. The van der Waals surface area contributed by atoms with E-state index in [1.165, 1.54) is 75.6 Å². The second kappa shape index (κ2) is 10.9. The van der Waals surface area contributed by atoms with E-state index in [0.717, 1.165) is 36.7 Å². The fourth-order valence-electron chi connectivity index (χ4n) is 5.32. The van der Waals surface area contributed by atoms with Crippen LogP contribution in [0.1, 0.15) is 88.5 Å². The summed E-state index contributed by atoms with van der Waals surface area (Å²) in [5.74, 6) is 0.500. The number of rotatable bonds is 7. The molecule has 0 heterocycles. The van der Waals surface area contributed by atoms with Crippen molar-refractivity contribution in [2.45, 2.75) is 83.0 Å². The molecule has 0 unspecified atom stereocenters. The Morgan fingerprint density at radius 1 is 0.862 bits per heavy atom. The van der Waals surface area contributed by atoms with Crippen LogP contribution in [0.2, 0.25) is 0 Å². The van der Waals surface area contributed by atoms with E-state index in [1.807, 2.05) is 0 Å². The van der Waals surface area contributed by atoms with Gasteiger partial charge in [-0.05, 0) is 86.0 Å². The molecule has 0 N–H and O–H groups in total. The topological polar surface area (TPSA) is 23.8 Å². The molecule has 2 aliphatic carbocycles. The highest BCUT2D eigenvalue weighted by atomic mass is 19.2. The number of halogens is 3. The molecular formula is C25H32F3N. The van der Waals surface area contributed by atoms with Crippen LogP contribution in [0, 0.1) is 40.7 Å². The van der Waals surface area contributed by atoms with Gasteiger partial charge in [-0.3, -0.25) is 0 Å². The monoisotopic (exact) mass is 403 g/mol. The van der Waals surface area contributed by atoms with Gasteiger partial charge in [0.05, 0.1) is 0 Å². The maximum atomic E-state index is 13.5. The predicted octanol–water partition coefficient (Wildman–Crippen LogP) is 7.98. The normalized spacial score (nSPS) is 28.1. The summed E-state index contributed by atoms with van der Waals surface area (Å²) >= 11 is 0. The van der Waals surface area contributed by atoms with Crippen molar-refractivity contribution in [2.75, 3.05) is 0 Å². The quantitative estimate of drug-likeness (QED) is 0.423. The Morgan fingerprint density at radius 3 is 1.97 bits per heavy atom. The van der Waals surface area contributed by atoms with E-state index in [1.54, 1.807) is 6.07 Å². The molecule has 0 aromatic heterocycles. The average molecular weight is 404 g/mol. The second-order valence-electron chi connectivity index (χ2n) is 9.10. The molecule has 1 nitrogen and oxygen atoms in total. The third kappa shape index (κ3) is 6.63. The Bertz CT molecular complexity index is 720. The Balaban J connectivity index is 1.32. The average Bonchev–Trinajstić information content (AvgIpc) is 2.75. The summed E-state index contributed by atoms with van der Waals surface area (Å²) in [6.07, 6.45) is 15.2. The first-order chi connectivity index (χ1) is 14.0. The predicted molar refractivity (Wildman–Crippen MR) is 110 cm³/mol. The Labute approximate surface area is 173 Å². The van der Waals surface area contributed by atoms with E-state index in [9.17, 15) is 13.2 Å². The van der Waals surface area contributed by atoms with Crippen LogP contribution in [0.25, 0.3) is 0 Å². The van der Waals surface area contributed by atoms with Crippen LogP contribution in [-0.4, -0.2) is 0 Å². The first-order valence-electron chi connectivity index (χ1n) is 11.3. The van der Waals surface area contributed by atoms with Crippen molar-refractivity contribution in [3.05, 3.63) is 47.3 Å². The smallest absolute Gasteiger partial charge is 0.196 e. The van der Waals surface area contributed by atoms with Gasteiger partial charge < -0.3 is 0 Å². The summed E-state index contributed by atoms with van der Waals surface area (Å²) in [7, 11) is 0. The summed E-state index contributed by atoms with van der Waals surface area (Å²) in [5, 5.41) is 8.44. The lowest BCUT2D eigenvalue weighted by Crippen LogP contribution is -2.18. The Hall–Kier alpha value is -1.76. The molecule has 29 heavy (non-hydrogen) atoms. The van der Waals surface area contributed by atoms with Gasteiger partial charge >= 0.3 is 0 Å². The molecule has 0 saturated heterocycles. The Morgan fingerprint density at radius 2 is 1.41 bits per heavy atom. The van der Waals surface area contributed by atoms with Gasteiger partial charge in [-0.2, -0.15) is 9.65 Å². The van der Waals surface area contributed by atoms with E-state index >= 15 is 0 Å². The first kappa shape index (κ1) is 21.9. The van der Waals surface area contributed by atoms with Gasteiger partial charge in [0, 0.05) is 0 Å². The molecule has 1 aromatic carbocycles. The SMILES string of the molecule is N#CC(F)=CCC[C@H]1CC[C@H](CC[C@H]2CC[C@H](c3ccc(F)c(F)c3)CC2)CC1. The molecule has 2 aliphatic rings. The molecule has 2 saturated carbocycles. The van der Waals surface area contributed by atoms with Crippen LogP contribution in [0.3, 0.4) is 0 Å². The van der Waals surface area contributed by atoms with Gasteiger partial charge in [0.15, 0.2) is 17.5 Å². The maximum absolute atomic E-state index is 13.5. The van der Waals surface area contributed by atoms with Gasteiger partial charge in [-0.25, -0.2) is 8.78 Å². The number of benzene rings is 1. The summed E-state index contributed by atoms with van der Waals surface area (Å²) in [6.45, 7) is 0. The lowest BCUT2D eigenvalue weighted by atomic mass is 9.74. The number of nitriles is 1. The zero-order valence-electron chi connectivity index (χ0n) is 17.2. The fraction of sp³-hybridized carbons (Fsp3) is 0.640. The van der Waals surface area contributed by atoms with E-state index in [4.69, 9.17) is 5.26 Å². The summed E-state index contributed by atoms with van der Waals surface area (Å²) in [6, 6.07) is 5.91. The van der Waals surface area contributed by atoms with Crippen molar-refractivity contribution in [2.24, 2.45) is 17.8 Å². The molecule has 0 amide bonds. The van der Waals surface area contributed by atoms with Crippen molar-refractivity contribution in [1.29, 1.82) is 5.26 Å². The highest BCUT2D eigenvalue weighted by molar-refractivity contribution is 5.22. The van der Waals surface area contributed by atoms with Crippen molar-refractivity contribution < 1.29 is 13.2 Å². The number of nitrogens with zero attached hydrogens (tertiary/aromatic N) is 1. The lowest BCUT2D eigenvalue weighted by molar-refractivity contribution is 0.225. The number of hydrogen-bond donors (Lipinski definition) is 0. The molecule has 3 rings (SSSR count). The van der Waals surface area contributed by atoms with E-state index in [0.29, 0.717) is 18.3 Å².